The number of nitro benzene ring substituents is 1. The predicted octanol–water partition coefficient (Wildman–Crippen LogP) is 6.59. The molecule has 9 heteroatoms. The fourth-order valence-electron chi connectivity index (χ4n) is 3.90. The van der Waals surface area contributed by atoms with E-state index in [9.17, 15) is 20.0 Å². The van der Waals surface area contributed by atoms with Crippen LogP contribution in [-0.2, 0) is 0 Å². The molecule has 3 aromatic carbocycles. The molecule has 8 nitrogen and oxygen atoms in total. The molecule has 0 spiro atoms. The Hall–Kier alpha value is -4.89. The van der Waals surface area contributed by atoms with Gasteiger partial charge in [-0.3, -0.25) is 20.2 Å². The minimum atomic E-state index is -0.475. The molecule has 0 bridgehead atoms. The molecule has 5 rings (SSSR count). The maximum Gasteiger partial charge on any atom is 0.270 e. The van der Waals surface area contributed by atoms with Crippen molar-refractivity contribution in [1.82, 2.24) is 4.98 Å². The molecule has 0 unspecified atom stereocenters. The monoisotopic (exact) mass is 509 g/mol. The van der Waals surface area contributed by atoms with Crippen LogP contribution in [0.2, 0.25) is 0 Å². The summed E-state index contributed by atoms with van der Waals surface area (Å²) in [7, 11) is 0. The summed E-state index contributed by atoms with van der Waals surface area (Å²) >= 11 is 5.34. The summed E-state index contributed by atoms with van der Waals surface area (Å²) < 4.78 is 5.95. The van der Waals surface area contributed by atoms with Crippen molar-refractivity contribution in [1.29, 1.82) is 0 Å². The number of benzene rings is 3. The number of rotatable bonds is 6. The number of anilines is 1. The second kappa shape index (κ2) is 10.00. The second-order valence-corrected chi connectivity index (χ2v) is 8.75. The zero-order chi connectivity index (χ0) is 25.9. The average Bonchev–Trinajstić information content (AvgIpc) is 3.32. The van der Waals surface area contributed by atoms with Crippen LogP contribution in [0.25, 0.3) is 28.2 Å². The van der Waals surface area contributed by atoms with Gasteiger partial charge in [0.25, 0.3) is 11.6 Å². The van der Waals surface area contributed by atoms with E-state index in [1.165, 1.54) is 18.2 Å². The molecule has 2 N–H and O–H groups in total. The number of amides is 1. The Balaban J connectivity index is 1.53. The maximum absolute atomic E-state index is 12.8. The Bertz CT molecular complexity index is 1610. The summed E-state index contributed by atoms with van der Waals surface area (Å²) in [6.07, 6.45) is 6.18. The molecule has 0 saturated heterocycles. The van der Waals surface area contributed by atoms with Crippen LogP contribution >= 0.6 is 12.2 Å². The standard InChI is InChI=1S/C28H19N3O5S/c32-24-16-19(18-8-4-10-21(14-18)31(34)35)12-13-23(24)27-29-25(20-9-5-11-22(37)15-20)28(36-27)30-26(33)17-6-2-1-3-7-17/h1-10,12-16,32H,11H2,(H,30,33). The number of nitrogens with zero attached hydrogens (tertiary/aromatic N) is 2. The molecule has 1 amide bonds. The number of non-ortho nitro benzene ring substituents is 1. The number of aromatic nitrogens is 1. The zero-order valence-electron chi connectivity index (χ0n) is 19.3. The van der Waals surface area contributed by atoms with Gasteiger partial charge in [-0.1, -0.05) is 60.8 Å². The number of hydrogen-bond donors (Lipinski definition) is 2. The number of thiocarbonyl (C=S) groups is 1. The molecule has 0 radical (unpaired) electrons. The van der Waals surface area contributed by atoms with Gasteiger partial charge in [-0.2, -0.15) is 0 Å². The average molecular weight is 510 g/mol. The van der Waals surface area contributed by atoms with Gasteiger partial charge in [0.15, 0.2) is 0 Å². The summed E-state index contributed by atoms with van der Waals surface area (Å²) in [5.74, 6) is -0.307. The minimum absolute atomic E-state index is 0.0519. The van der Waals surface area contributed by atoms with E-state index >= 15 is 0 Å². The molecule has 37 heavy (non-hydrogen) atoms. The zero-order valence-corrected chi connectivity index (χ0v) is 20.1. The van der Waals surface area contributed by atoms with Gasteiger partial charge in [0.2, 0.25) is 11.8 Å². The molecule has 182 valence electrons. The van der Waals surface area contributed by atoms with Crippen LogP contribution in [0.1, 0.15) is 22.5 Å². The van der Waals surface area contributed by atoms with Crippen molar-refractivity contribution >= 4 is 40.1 Å². The molecule has 1 aromatic heterocycles. The van der Waals surface area contributed by atoms with Crippen molar-refractivity contribution < 1.29 is 19.2 Å². The number of nitro groups is 1. The van der Waals surface area contributed by atoms with Crippen LogP contribution in [0.3, 0.4) is 0 Å². The highest BCUT2D eigenvalue weighted by Crippen LogP contribution is 2.38. The molecule has 4 aromatic rings. The van der Waals surface area contributed by atoms with Crippen molar-refractivity contribution in [2.75, 3.05) is 5.32 Å². The van der Waals surface area contributed by atoms with E-state index in [0.29, 0.717) is 44.8 Å². The first kappa shape index (κ1) is 23.8. The van der Waals surface area contributed by atoms with Crippen LogP contribution in [0, 0.1) is 10.1 Å². The van der Waals surface area contributed by atoms with Crippen molar-refractivity contribution in [3.05, 3.63) is 112 Å². The highest BCUT2D eigenvalue weighted by Gasteiger charge is 2.22. The summed E-state index contributed by atoms with van der Waals surface area (Å²) in [4.78, 5) is 28.8. The fourth-order valence-corrected chi connectivity index (χ4v) is 4.12. The fraction of sp³-hybridized carbons (Fsp3) is 0.0357. The molecule has 0 saturated carbocycles. The third-order valence-electron chi connectivity index (χ3n) is 5.72. The number of phenolic OH excluding ortho intramolecular Hbond substituents is 1. The quantitative estimate of drug-likeness (QED) is 0.171. The maximum atomic E-state index is 12.8. The highest BCUT2D eigenvalue weighted by atomic mass is 32.1. The Morgan fingerprint density at radius 1 is 1.05 bits per heavy atom. The van der Waals surface area contributed by atoms with Crippen molar-refractivity contribution in [2.45, 2.75) is 6.42 Å². The lowest BCUT2D eigenvalue weighted by Crippen LogP contribution is -2.12. The lowest BCUT2D eigenvalue weighted by Gasteiger charge is -2.07. The number of nitrogens with one attached hydrogen (secondary N) is 1. The van der Waals surface area contributed by atoms with Crippen molar-refractivity contribution in [3.8, 4) is 28.3 Å². The molecular weight excluding hydrogens is 490 g/mol. The molecular formula is C28H19N3O5S. The largest absolute Gasteiger partial charge is 0.507 e. The summed E-state index contributed by atoms with van der Waals surface area (Å²) in [6, 6.07) is 19.6. The third-order valence-corrected chi connectivity index (χ3v) is 6.00. The topological polar surface area (TPSA) is 118 Å². The summed E-state index contributed by atoms with van der Waals surface area (Å²) in [6.45, 7) is 0. The Morgan fingerprint density at radius 2 is 1.84 bits per heavy atom. The summed E-state index contributed by atoms with van der Waals surface area (Å²) in [5, 5.41) is 24.7. The van der Waals surface area contributed by atoms with Gasteiger partial charge in [-0.15, -0.1) is 0 Å². The number of oxazole rings is 1. The van der Waals surface area contributed by atoms with E-state index in [1.54, 1.807) is 54.6 Å². The molecule has 0 fully saturated rings. The number of carbonyl (C=O) groups excluding carboxylic acids is 1. The highest BCUT2D eigenvalue weighted by molar-refractivity contribution is 7.80. The van der Waals surface area contributed by atoms with Gasteiger partial charge in [0.05, 0.1) is 10.5 Å². The first-order valence-corrected chi connectivity index (χ1v) is 11.7. The lowest BCUT2D eigenvalue weighted by molar-refractivity contribution is -0.384. The normalized spacial score (nSPS) is 12.8. The second-order valence-electron chi connectivity index (χ2n) is 8.23. The van der Waals surface area contributed by atoms with Gasteiger partial charge in [0, 0.05) is 34.6 Å². The van der Waals surface area contributed by atoms with Gasteiger partial charge < -0.3 is 9.52 Å². The van der Waals surface area contributed by atoms with Gasteiger partial charge in [-0.25, -0.2) is 4.98 Å². The molecule has 1 aliphatic carbocycles. The van der Waals surface area contributed by atoms with Crippen LogP contribution in [-0.4, -0.2) is 25.8 Å². The first-order chi connectivity index (χ1) is 17.9. The van der Waals surface area contributed by atoms with E-state index in [2.05, 4.69) is 10.3 Å². The van der Waals surface area contributed by atoms with Crippen LogP contribution in [0.5, 0.6) is 5.75 Å². The third kappa shape index (κ3) is 5.07. The number of hydrogen-bond acceptors (Lipinski definition) is 7. The van der Waals surface area contributed by atoms with Crippen LogP contribution in [0.15, 0.2) is 95.4 Å². The van der Waals surface area contributed by atoms with Crippen LogP contribution < -0.4 is 5.32 Å². The summed E-state index contributed by atoms with van der Waals surface area (Å²) in [5.41, 5.74) is 2.88. The Kier molecular flexibility index (Phi) is 6.44. The van der Waals surface area contributed by atoms with Crippen LogP contribution in [0.4, 0.5) is 11.6 Å². The number of phenols is 1. The molecule has 0 aliphatic heterocycles. The Morgan fingerprint density at radius 3 is 2.57 bits per heavy atom. The van der Waals surface area contributed by atoms with E-state index in [-0.39, 0.29) is 29.1 Å². The number of allylic oxidation sites excluding steroid dienone is 4. The predicted molar refractivity (Wildman–Crippen MR) is 144 cm³/mol. The van der Waals surface area contributed by atoms with E-state index in [0.717, 1.165) is 0 Å². The van der Waals surface area contributed by atoms with Crippen molar-refractivity contribution in [3.63, 3.8) is 0 Å². The minimum Gasteiger partial charge on any atom is -0.507 e. The first-order valence-electron chi connectivity index (χ1n) is 11.3. The molecule has 1 aliphatic rings. The van der Waals surface area contributed by atoms with Gasteiger partial charge >= 0.3 is 0 Å². The van der Waals surface area contributed by atoms with E-state index in [4.69, 9.17) is 16.6 Å². The smallest absolute Gasteiger partial charge is 0.270 e. The van der Waals surface area contributed by atoms with Gasteiger partial charge in [-0.05, 0) is 41.5 Å². The Labute approximate surface area is 216 Å². The lowest BCUT2D eigenvalue weighted by atomic mass is 10.0. The SMILES string of the molecule is O=C(Nc1oc(-c2ccc(-c3cccc([N+](=O)[O-])c3)cc2O)nc1C1=CC(=S)CC=C1)c1ccccc1. The molecule has 0 atom stereocenters. The molecule has 1 heterocycles. The van der Waals surface area contributed by atoms with E-state index in [1.807, 2.05) is 18.2 Å². The van der Waals surface area contributed by atoms with Gasteiger partial charge in [0.1, 0.15) is 11.4 Å². The van der Waals surface area contributed by atoms with Crippen molar-refractivity contribution in [2.24, 2.45) is 0 Å². The number of aromatic hydroxyl groups is 1. The van der Waals surface area contributed by atoms with E-state index < -0.39 is 4.92 Å². The number of carbonyl (C=O) groups is 1.